The van der Waals surface area contributed by atoms with Crippen molar-refractivity contribution in [1.29, 1.82) is 0 Å². The highest BCUT2D eigenvalue weighted by Gasteiger charge is 2.10. The Hall–Kier alpha value is -2.66. The number of non-ortho nitro benzene ring substituents is 1. The van der Waals surface area contributed by atoms with Crippen molar-refractivity contribution in [1.82, 2.24) is 0 Å². The third kappa shape index (κ3) is 4.67. The van der Waals surface area contributed by atoms with Gasteiger partial charge in [-0.2, -0.15) is 0 Å². The second kappa shape index (κ2) is 7.75. The molecule has 0 aliphatic heterocycles. The van der Waals surface area contributed by atoms with Gasteiger partial charge in [-0.1, -0.05) is 49.7 Å². The maximum absolute atomic E-state index is 11.9. The highest BCUT2D eigenvalue weighted by atomic mass is 35.5. The van der Waals surface area contributed by atoms with Crippen LogP contribution in [-0.4, -0.2) is 10.8 Å². The van der Waals surface area contributed by atoms with E-state index < -0.39 is 4.92 Å². The Labute approximate surface area is 145 Å². The summed E-state index contributed by atoms with van der Waals surface area (Å²) in [5.41, 5.74) is 2.34. The summed E-state index contributed by atoms with van der Waals surface area (Å²) in [5, 5.41) is 13.4. The fourth-order valence-corrected chi connectivity index (χ4v) is 2.28. The average Bonchev–Trinajstić information content (AvgIpc) is 2.55. The molecule has 0 bridgehead atoms. The minimum Gasteiger partial charge on any atom is -0.321 e. The van der Waals surface area contributed by atoms with Crippen LogP contribution in [0.5, 0.6) is 0 Å². The molecule has 0 radical (unpaired) electrons. The van der Waals surface area contributed by atoms with E-state index in [0.29, 0.717) is 11.6 Å². The topological polar surface area (TPSA) is 72.2 Å². The van der Waals surface area contributed by atoms with E-state index in [1.165, 1.54) is 29.8 Å². The summed E-state index contributed by atoms with van der Waals surface area (Å²) in [6.45, 7) is 4.23. The maximum atomic E-state index is 11.9. The van der Waals surface area contributed by atoms with Gasteiger partial charge in [0.25, 0.3) is 5.69 Å². The maximum Gasteiger partial charge on any atom is 0.271 e. The lowest BCUT2D eigenvalue weighted by molar-refractivity contribution is -0.384. The summed E-state index contributed by atoms with van der Waals surface area (Å²) >= 11 is 5.94. The number of nitrogens with one attached hydrogen (secondary N) is 1. The first-order chi connectivity index (χ1) is 11.4. The Balaban J connectivity index is 2.03. The predicted molar refractivity (Wildman–Crippen MR) is 96.3 cm³/mol. The average molecular weight is 345 g/mol. The molecule has 1 amide bonds. The van der Waals surface area contributed by atoms with E-state index in [1.54, 1.807) is 6.08 Å². The van der Waals surface area contributed by atoms with Crippen LogP contribution < -0.4 is 5.32 Å². The van der Waals surface area contributed by atoms with Crippen molar-refractivity contribution in [2.75, 3.05) is 5.32 Å². The van der Waals surface area contributed by atoms with Crippen LogP contribution in [0.25, 0.3) is 6.08 Å². The van der Waals surface area contributed by atoms with Gasteiger partial charge in [0, 0.05) is 18.2 Å². The van der Waals surface area contributed by atoms with Gasteiger partial charge < -0.3 is 5.32 Å². The largest absolute Gasteiger partial charge is 0.321 e. The molecule has 124 valence electrons. The standard InChI is InChI=1S/C18H17ClN2O3/c1-12(2)14-6-3-13(4-7-14)5-10-18(22)20-17-9-8-15(21(23)24)11-16(17)19/h3-12H,1-2H3,(H,20,22). The van der Waals surface area contributed by atoms with Crippen molar-refractivity contribution in [3.63, 3.8) is 0 Å². The normalized spacial score (nSPS) is 11.0. The molecule has 6 heteroatoms. The van der Waals surface area contributed by atoms with E-state index in [0.717, 1.165) is 5.56 Å². The highest BCUT2D eigenvalue weighted by Crippen LogP contribution is 2.26. The van der Waals surface area contributed by atoms with Crippen LogP contribution in [0.15, 0.2) is 48.5 Å². The molecule has 0 unspecified atom stereocenters. The minimum atomic E-state index is -0.543. The molecule has 0 aliphatic rings. The lowest BCUT2D eigenvalue weighted by Gasteiger charge is -2.05. The van der Waals surface area contributed by atoms with E-state index in [2.05, 4.69) is 19.2 Å². The number of nitro groups is 1. The molecule has 2 rings (SSSR count). The smallest absolute Gasteiger partial charge is 0.271 e. The van der Waals surface area contributed by atoms with Crippen LogP contribution in [-0.2, 0) is 4.79 Å². The number of carbonyl (C=O) groups is 1. The number of amides is 1. The van der Waals surface area contributed by atoms with Gasteiger partial charge in [0.1, 0.15) is 0 Å². The molecule has 2 aromatic rings. The summed E-state index contributed by atoms with van der Waals surface area (Å²) in [4.78, 5) is 22.1. The van der Waals surface area contributed by atoms with Gasteiger partial charge in [0.15, 0.2) is 0 Å². The Kier molecular flexibility index (Phi) is 5.71. The zero-order valence-corrected chi connectivity index (χ0v) is 14.1. The first-order valence-electron chi connectivity index (χ1n) is 7.40. The molecular formula is C18H17ClN2O3. The molecular weight excluding hydrogens is 328 g/mol. The monoisotopic (exact) mass is 344 g/mol. The van der Waals surface area contributed by atoms with Crippen molar-refractivity contribution in [3.05, 3.63) is 74.8 Å². The minimum absolute atomic E-state index is 0.118. The van der Waals surface area contributed by atoms with E-state index >= 15 is 0 Å². The number of benzene rings is 2. The third-order valence-corrected chi connectivity index (χ3v) is 3.76. The number of nitro benzene ring substituents is 1. The molecule has 0 saturated carbocycles. The summed E-state index contributed by atoms with van der Waals surface area (Å²) < 4.78 is 0. The van der Waals surface area contributed by atoms with Gasteiger partial charge in [-0.15, -0.1) is 0 Å². The number of nitrogens with zero attached hydrogens (tertiary/aromatic N) is 1. The van der Waals surface area contributed by atoms with Gasteiger partial charge in [-0.05, 0) is 29.2 Å². The molecule has 0 saturated heterocycles. The van der Waals surface area contributed by atoms with Gasteiger partial charge in [-0.25, -0.2) is 0 Å². The second-order valence-corrected chi connectivity index (χ2v) is 5.97. The van der Waals surface area contributed by atoms with Crippen LogP contribution >= 0.6 is 11.6 Å². The molecule has 0 heterocycles. The van der Waals surface area contributed by atoms with Gasteiger partial charge in [0.05, 0.1) is 15.6 Å². The molecule has 24 heavy (non-hydrogen) atoms. The summed E-state index contributed by atoms with van der Waals surface area (Å²) in [5.74, 6) is 0.0919. The number of carbonyl (C=O) groups excluding carboxylic acids is 1. The van der Waals surface area contributed by atoms with E-state index in [4.69, 9.17) is 11.6 Å². The first-order valence-corrected chi connectivity index (χ1v) is 7.77. The number of hydrogen-bond donors (Lipinski definition) is 1. The van der Waals surface area contributed by atoms with Crippen LogP contribution in [0.3, 0.4) is 0 Å². The van der Waals surface area contributed by atoms with Crippen LogP contribution in [0.4, 0.5) is 11.4 Å². The van der Waals surface area contributed by atoms with Gasteiger partial charge >= 0.3 is 0 Å². The lowest BCUT2D eigenvalue weighted by Crippen LogP contribution is -2.08. The summed E-state index contributed by atoms with van der Waals surface area (Å²) in [7, 11) is 0. The molecule has 0 spiro atoms. The molecule has 2 aromatic carbocycles. The fraction of sp³-hybridized carbons (Fsp3) is 0.167. The number of rotatable bonds is 5. The molecule has 0 aromatic heterocycles. The summed E-state index contributed by atoms with van der Waals surface area (Å²) in [6, 6.07) is 11.8. The molecule has 0 fully saturated rings. The Morgan fingerprint density at radius 1 is 1.21 bits per heavy atom. The molecule has 0 atom stereocenters. The first kappa shape index (κ1) is 17.7. The van der Waals surface area contributed by atoms with Crippen LogP contribution in [0.1, 0.15) is 30.9 Å². The predicted octanol–water partition coefficient (Wildman–Crippen LogP) is 5.02. The fourth-order valence-electron chi connectivity index (χ4n) is 2.06. The molecule has 5 nitrogen and oxygen atoms in total. The third-order valence-electron chi connectivity index (χ3n) is 3.45. The van der Waals surface area contributed by atoms with Crippen LogP contribution in [0, 0.1) is 10.1 Å². The quantitative estimate of drug-likeness (QED) is 0.470. The van der Waals surface area contributed by atoms with Gasteiger partial charge in [0.2, 0.25) is 5.91 Å². The number of halogens is 1. The zero-order chi connectivity index (χ0) is 17.7. The number of hydrogen-bond acceptors (Lipinski definition) is 3. The zero-order valence-electron chi connectivity index (χ0n) is 13.3. The highest BCUT2D eigenvalue weighted by molar-refractivity contribution is 6.34. The van der Waals surface area contributed by atoms with Crippen molar-refractivity contribution in [2.45, 2.75) is 19.8 Å². The SMILES string of the molecule is CC(C)c1ccc(C=CC(=O)Nc2ccc([N+](=O)[O-])cc2Cl)cc1. The van der Waals surface area contributed by atoms with Crippen LogP contribution in [0.2, 0.25) is 5.02 Å². The van der Waals surface area contributed by atoms with Crippen molar-refractivity contribution in [3.8, 4) is 0 Å². The van der Waals surface area contributed by atoms with Crippen molar-refractivity contribution in [2.24, 2.45) is 0 Å². The van der Waals surface area contributed by atoms with Crippen molar-refractivity contribution < 1.29 is 9.72 Å². The van der Waals surface area contributed by atoms with E-state index in [-0.39, 0.29) is 16.6 Å². The van der Waals surface area contributed by atoms with Crippen molar-refractivity contribution >= 4 is 35.0 Å². The molecule has 1 N–H and O–H groups in total. The Morgan fingerprint density at radius 2 is 1.88 bits per heavy atom. The lowest BCUT2D eigenvalue weighted by atomic mass is 10.0. The summed E-state index contributed by atoms with van der Waals surface area (Å²) in [6.07, 6.45) is 3.08. The second-order valence-electron chi connectivity index (χ2n) is 5.57. The van der Waals surface area contributed by atoms with E-state index in [9.17, 15) is 14.9 Å². The number of anilines is 1. The van der Waals surface area contributed by atoms with Gasteiger partial charge in [-0.3, -0.25) is 14.9 Å². The Morgan fingerprint density at radius 3 is 2.42 bits per heavy atom. The Bertz CT molecular complexity index is 783. The molecule has 0 aliphatic carbocycles. The van der Waals surface area contributed by atoms with E-state index in [1.807, 2.05) is 24.3 Å².